The molecule has 1 aromatic carbocycles. The molecule has 0 aliphatic carbocycles. The van der Waals surface area contributed by atoms with Crippen LogP contribution in [0.15, 0.2) is 34.7 Å². The average molecular weight is 283 g/mol. The predicted octanol–water partition coefficient (Wildman–Crippen LogP) is 3.64. The zero-order valence-corrected chi connectivity index (χ0v) is 10.9. The van der Waals surface area contributed by atoms with E-state index >= 15 is 0 Å². The molecule has 6 heteroatoms. The molecule has 0 spiro atoms. The number of benzene rings is 1. The van der Waals surface area contributed by atoms with Crippen LogP contribution < -0.4 is 10.6 Å². The Bertz CT molecular complexity index is 598. The summed E-state index contributed by atoms with van der Waals surface area (Å²) in [7, 11) is 0. The van der Waals surface area contributed by atoms with Crippen molar-refractivity contribution in [2.24, 2.45) is 0 Å². The fourth-order valence-electron chi connectivity index (χ4n) is 1.56. The van der Waals surface area contributed by atoms with Crippen molar-refractivity contribution in [1.82, 2.24) is 0 Å². The summed E-state index contributed by atoms with van der Waals surface area (Å²) in [5.74, 6) is -0.147. The highest BCUT2D eigenvalue weighted by atomic mass is 35.5. The second kappa shape index (κ2) is 5.75. The van der Waals surface area contributed by atoms with Crippen molar-refractivity contribution in [3.05, 3.63) is 47.1 Å². The Hall–Kier alpha value is -2.01. The van der Waals surface area contributed by atoms with Gasteiger partial charge in [-0.2, -0.15) is 0 Å². The molecule has 0 radical (unpaired) electrons. The topological polar surface area (TPSA) is 54.3 Å². The molecular formula is C13H12ClFN2O2. The standard InChI is InChI=1S/C13H12ClFN2O2/c1-8(18)17-12-6-9(2-4-11(12)15)16-7-10-3-5-13(14)19-10/h2-6,16H,7H2,1H3,(H,17,18). The molecule has 0 atom stereocenters. The van der Waals surface area contributed by atoms with Crippen LogP contribution in [0, 0.1) is 5.82 Å². The normalized spacial score (nSPS) is 10.3. The van der Waals surface area contributed by atoms with E-state index < -0.39 is 5.82 Å². The van der Waals surface area contributed by atoms with E-state index in [0.29, 0.717) is 23.2 Å². The molecule has 0 fully saturated rings. The number of rotatable bonds is 4. The molecule has 0 unspecified atom stereocenters. The van der Waals surface area contributed by atoms with Gasteiger partial charge in [-0.3, -0.25) is 4.79 Å². The molecule has 2 rings (SSSR count). The van der Waals surface area contributed by atoms with Crippen LogP contribution in [0.3, 0.4) is 0 Å². The Kier molecular flexibility index (Phi) is 4.06. The third kappa shape index (κ3) is 3.72. The lowest BCUT2D eigenvalue weighted by molar-refractivity contribution is -0.114. The van der Waals surface area contributed by atoms with Gasteiger partial charge in [0.15, 0.2) is 5.22 Å². The minimum atomic E-state index is -0.484. The van der Waals surface area contributed by atoms with E-state index in [1.807, 2.05) is 0 Å². The Morgan fingerprint density at radius 1 is 1.37 bits per heavy atom. The predicted molar refractivity (Wildman–Crippen MR) is 71.7 cm³/mol. The van der Waals surface area contributed by atoms with Crippen molar-refractivity contribution in [2.75, 3.05) is 10.6 Å². The second-order valence-electron chi connectivity index (χ2n) is 3.94. The highest BCUT2D eigenvalue weighted by Crippen LogP contribution is 2.21. The van der Waals surface area contributed by atoms with Gasteiger partial charge in [0.2, 0.25) is 5.91 Å². The van der Waals surface area contributed by atoms with Gasteiger partial charge in [0, 0.05) is 12.6 Å². The number of anilines is 2. The molecule has 0 saturated carbocycles. The number of halogens is 2. The molecule has 0 saturated heterocycles. The van der Waals surface area contributed by atoms with Crippen LogP contribution in [0.2, 0.25) is 5.22 Å². The molecule has 0 aliphatic rings. The van der Waals surface area contributed by atoms with E-state index in [0.717, 1.165) is 0 Å². The lowest BCUT2D eigenvalue weighted by Gasteiger charge is -2.08. The Labute approximate surface area is 114 Å². The van der Waals surface area contributed by atoms with Gasteiger partial charge in [-0.05, 0) is 41.9 Å². The van der Waals surface area contributed by atoms with Crippen molar-refractivity contribution < 1.29 is 13.6 Å². The Morgan fingerprint density at radius 2 is 2.16 bits per heavy atom. The van der Waals surface area contributed by atoms with Gasteiger partial charge in [-0.25, -0.2) is 4.39 Å². The van der Waals surface area contributed by atoms with Gasteiger partial charge >= 0.3 is 0 Å². The molecule has 19 heavy (non-hydrogen) atoms. The zero-order chi connectivity index (χ0) is 13.8. The minimum absolute atomic E-state index is 0.134. The number of hydrogen-bond acceptors (Lipinski definition) is 3. The Balaban J connectivity index is 2.06. The number of carbonyl (C=O) groups excluding carboxylic acids is 1. The SMILES string of the molecule is CC(=O)Nc1cc(NCc2ccc(Cl)o2)ccc1F. The number of nitrogens with one attached hydrogen (secondary N) is 2. The molecule has 2 aromatic rings. The van der Waals surface area contributed by atoms with E-state index in [9.17, 15) is 9.18 Å². The summed E-state index contributed by atoms with van der Waals surface area (Å²) in [4.78, 5) is 10.9. The van der Waals surface area contributed by atoms with Crippen molar-refractivity contribution >= 4 is 28.9 Å². The van der Waals surface area contributed by atoms with Crippen molar-refractivity contribution in [3.8, 4) is 0 Å². The first kappa shape index (κ1) is 13.4. The molecule has 4 nitrogen and oxygen atoms in total. The van der Waals surface area contributed by atoms with E-state index in [1.54, 1.807) is 18.2 Å². The summed E-state index contributed by atoms with van der Waals surface area (Å²) < 4.78 is 18.6. The first-order valence-corrected chi connectivity index (χ1v) is 5.97. The first-order chi connectivity index (χ1) is 9.04. The minimum Gasteiger partial charge on any atom is -0.448 e. The van der Waals surface area contributed by atoms with Gasteiger partial charge in [0.1, 0.15) is 11.6 Å². The summed E-state index contributed by atoms with van der Waals surface area (Å²) in [5, 5.41) is 5.78. The average Bonchev–Trinajstić information content (AvgIpc) is 2.75. The highest BCUT2D eigenvalue weighted by molar-refractivity contribution is 6.28. The summed E-state index contributed by atoms with van der Waals surface area (Å²) in [5.41, 5.74) is 0.799. The van der Waals surface area contributed by atoms with Gasteiger partial charge in [-0.15, -0.1) is 0 Å². The van der Waals surface area contributed by atoms with Crippen LogP contribution in [0.25, 0.3) is 0 Å². The summed E-state index contributed by atoms with van der Waals surface area (Å²) >= 11 is 5.65. The third-order valence-corrected chi connectivity index (χ3v) is 2.58. The van der Waals surface area contributed by atoms with Crippen LogP contribution in [-0.2, 0) is 11.3 Å². The quantitative estimate of drug-likeness (QED) is 0.900. The van der Waals surface area contributed by atoms with Crippen LogP contribution in [0.4, 0.5) is 15.8 Å². The number of carbonyl (C=O) groups is 1. The molecule has 0 aliphatic heterocycles. The van der Waals surface area contributed by atoms with Crippen molar-refractivity contribution in [1.29, 1.82) is 0 Å². The molecule has 2 N–H and O–H groups in total. The summed E-state index contributed by atoms with van der Waals surface area (Å²) in [6, 6.07) is 7.76. The molecule has 1 amide bonds. The summed E-state index contributed by atoms with van der Waals surface area (Å²) in [6.07, 6.45) is 0. The fraction of sp³-hybridized carbons (Fsp3) is 0.154. The molecule has 0 bridgehead atoms. The first-order valence-electron chi connectivity index (χ1n) is 5.60. The van der Waals surface area contributed by atoms with Gasteiger partial charge in [0.25, 0.3) is 0 Å². The lowest BCUT2D eigenvalue weighted by Crippen LogP contribution is -2.08. The van der Waals surface area contributed by atoms with E-state index in [-0.39, 0.29) is 11.6 Å². The van der Waals surface area contributed by atoms with E-state index in [2.05, 4.69) is 10.6 Å². The fourth-order valence-corrected chi connectivity index (χ4v) is 1.72. The van der Waals surface area contributed by atoms with Gasteiger partial charge in [-0.1, -0.05) is 0 Å². The monoisotopic (exact) mass is 282 g/mol. The van der Waals surface area contributed by atoms with Crippen LogP contribution >= 0.6 is 11.6 Å². The van der Waals surface area contributed by atoms with E-state index in [1.165, 1.54) is 19.1 Å². The zero-order valence-electron chi connectivity index (χ0n) is 10.2. The smallest absolute Gasteiger partial charge is 0.221 e. The van der Waals surface area contributed by atoms with Crippen molar-refractivity contribution in [2.45, 2.75) is 13.5 Å². The maximum absolute atomic E-state index is 13.4. The maximum Gasteiger partial charge on any atom is 0.221 e. The maximum atomic E-state index is 13.4. The van der Waals surface area contributed by atoms with Gasteiger partial charge < -0.3 is 15.1 Å². The lowest BCUT2D eigenvalue weighted by atomic mass is 10.2. The number of amides is 1. The molecule has 1 aromatic heterocycles. The highest BCUT2D eigenvalue weighted by Gasteiger charge is 2.06. The number of hydrogen-bond donors (Lipinski definition) is 2. The molecule has 100 valence electrons. The van der Waals surface area contributed by atoms with Crippen LogP contribution in [0.1, 0.15) is 12.7 Å². The third-order valence-electron chi connectivity index (χ3n) is 2.37. The second-order valence-corrected chi connectivity index (χ2v) is 4.31. The Morgan fingerprint density at radius 3 is 2.79 bits per heavy atom. The molecule has 1 heterocycles. The summed E-state index contributed by atoms with van der Waals surface area (Å²) in [6.45, 7) is 1.74. The van der Waals surface area contributed by atoms with Crippen molar-refractivity contribution in [3.63, 3.8) is 0 Å². The van der Waals surface area contributed by atoms with E-state index in [4.69, 9.17) is 16.0 Å². The van der Waals surface area contributed by atoms with Crippen LogP contribution in [0.5, 0.6) is 0 Å². The van der Waals surface area contributed by atoms with Gasteiger partial charge in [0.05, 0.1) is 12.2 Å². The molecular weight excluding hydrogens is 271 g/mol. The largest absolute Gasteiger partial charge is 0.448 e. The van der Waals surface area contributed by atoms with Crippen LogP contribution in [-0.4, -0.2) is 5.91 Å². The number of furan rings is 1.